The summed E-state index contributed by atoms with van der Waals surface area (Å²) in [6.45, 7) is 12.1. The maximum Gasteiger partial charge on any atom is 0.223 e. The number of anilines is 1. The van der Waals surface area contributed by atoms with Crippen LogP contribution in [-0.4, -0.2) is 16.7 Å². The number of aromatic nitrogens is 1. The maximum absolute atomic E-state index is 11.1. The van der Waals surface area contributed by atoms with Gasteiger partial charge in [-0.1, -0.05) is 44.8 Å². The van der Waals surface area contributed by atoms with Gasteiger partial charge >= 0.3 is 0 Å². The lowest BCUT2D eigenvalue weighted by molar-refractivity contribution is -0.114. The highest BCUT2D eigenvalue weighted by molar-refractivity contribution is 7.22. The summed E-state index contributed by atoms with van der Waals surface area (Å²) in [5.41, 5.74) is 8.87. The van der Waals surface area contributed by atoms with Gasteiger partial charge in [0.2, 0.25) is 5.91 Å². The first-order valence-corrected chi connectivity index (χ1v) is 9.32. The molecule has 6 heteroatoms. The van der Waals surface area contributed by atoms with Crippen molar-refractivity contribution in [3.63, 3.8) is 0 Å². The number of thiazole rings is 1. The summed E-state index contributed by atoms with van der Waals surface area (Å²) in [4.78, 5) is 19.8. The Morgan fingerprint density at radius 1 is 1.42 bits per heavy atom. The van der Waals surface area contributed by atoms with Crippen molar-refractivity contribution >= 4 is 44.0 Å². The summed E-state index contributed by atoms with van der Waals surface area (Å²) in [5, 5.41) is 3.31. The van der Waals surface area contributed by atoms with Gasteiger partial charge in [0, 0.05) is 19.5 Å². The van der Waals surface area contributed by atoms with Crippen LogP contribution in [0.3, 0.4) is 0 Å². The number of aliphatic imine (C=N–C) groups is 1. The molecule has 0 saturated heterocycles. The number of nitrogens with zero attached hydrogens (tertiary/aromatic N) is 2. The molecular weight excluding hydrogens is 344 g/mol. The van der Waals surface area contributed by atoms with E-state index in [1.54, 1.807) is 6.20 Å². The first-order valence-electron chi connectivity index (χ1n) is 8.50. The predicted octanol–water partition coefficient (Wildman–Crippen LogP) is 4.97. The van der Waals surface area contributed by atoms with Gasteiger partial charge in [0.05, 0.1) is 16.1 Å². The lowest BCUT2D eigenvalue weighted by atomic mass is 9.90. The molecular formula is C20H26N4OS. The molecule has 0 aliphatic rings. The third-order valence-corrected chi connectivity index (χ3v) is 4.62. The van der Waals surface area contributed by atoms with E-state index in [9.17, 15) is 4.79 Å². The molecule has 0 aliphatic heterocycles. The summed E-state index contributed by atoms with van der Waals surface area (Å²) in [6, 6.07) is 5.89. The van der Waals surface area contributed by atoms with Gasteiger partial charge in [-0.2, -0.15) is 0 Å². The van der Waals surface area contributed by atoms with Gasteiger partial charge in [0.25, 0.3) is 0 Å². The van der Waals surface area contributed by atoms with Crippen LogP contribution in [0, 0.1) is 5.41 Å². The number of amidine groups is 1. The van der Waals surface area contributed by atoms with E-state index >= 15 is 0 Å². The molecule has 0 fully saturated rings. The number of hydrogen-bond donors (Lipinski definition) is 2. The molecule has 5 nitrogen and oxygen atoms in total. The largest absolute Gasteiger partial charge is 0.387 e. The van der Waals surface area contributed by atoms with Crippen molar-refractivity contribution in [1.82, 2.24) is 4.98 Å². The molecule has 1 amide bonds. The summed E-state index contributed by atoms with van der Waals surface area (Å²) in [5.74, 6) is 0.500. The summed E-state index contributed by atoms with van der Waals surface area (Å²) < 4.78 is 0.994. The Bertz CT molecular complexity index is 872. The standard InChI is InChI=1S/C20H26N4OS/c1-13(9-11-22-18(21)8-10-20(3,4)5)15-6-7-16-17(12-15)26-19(24-16)23-14(2)25/h6-7,9,11-12H,1,8,10H2,2-5H3,(H2,21,22)(H,23,24,25)/b11-9-. The molecule has 1 aromatic carbocycles. The van der Waals surface area contributed by atoms with Crippen molar-refractivity contribution in [3.05, 3.63) is 42.6 Å². The van der Waals surface area contributed by atoms with Gasteiger partial charge in [-0.15, -0.1) is 0 Å². The number of carbonyl (C=O) groups excluding carboxylic acids is 1. The average molecular weight is 371 g/mol. The summed E-state index contributed by atoms with van der Waals surface area (Å²) in [7, 11) is 0. The van der Waals surface area contributed by atoms with Crippen molar-refractivity contribution < 1.29 is 4.79 Å². The fraction of sp³-hybridized carbons (Fsp3) is 0.350. The van der Waals surface area contributed by atoms with Crippen LogP contribution in [0.15, 0.2) is 42.0 Å². The van der Waals surface area contributed by atoms with Crippen LogP contribution in [0.1, 0.15) is 46.1 Å². The Kier molecular flexibility index (Phi) is 6.32. The SMILES string of the molecule is C=C(/C=C\N=C(/N)CCC(C)(C)C)c1ccc2nc(NC(C)=O)sc2c1. The van der Waals surface area contributed by atoms with Crippen LogP contribution in [0.2, 0.25) is 0 Å². The van der Waals surface area contributed by atoms with Crippen LogP contribution < -0.4 is 11.1 Å². The Morgan fingerprint density at radius 3 is 2.81 bits per heavy atom. The quantitative estimate of drug-likeness (QED) is 0.428. The van der Waals surface area contributed by atoms with E-state index < -0.39 is 0 Å². The molecule has 2 rings (SSSR count). The normalized spacial score (nSPS) is 12.7. The van der Waals surface area contributed by atoms with Crippen LogP contribution in [-0.2, 0) is 4.79 Å². The number of rotatable bonds is 6. The smallest absolute Gasteiger partial charge is 0.223 e. The highest BCUT2D eigenvalue weighted by Gasteiger charge is 2.10. The zero-order valence-electron chi connectivity index (χ0n) is 15.8. The highest BCUT2D eigenvalue weighted by atomic mass is 32.1. The molecule has 0 aliphatic carbocycles. The number of amides is 1. The molecule has 1 aromatic heterocycles. The number of carbonyl (C=O) groups is 1. The van der Waals surface area contributed by atoms with E-state index in [1.807, 2.05) is 24.3 Å². The van der Waals surface area contributed by atoms with Crippen molar-refractivity contribution in [2.75, 3.05) is 5.32 Å². The zero-order chi connectivity index (χ0) is 19.3. The number of fused-ring (bicyclic) bond motifs is 1. The van der Waals surface area contributed by atoms with Crippen LogP contribution in [0.25, 0.3) is 15.8 Å². The lowest BCUT2D eigenvalue weighted by Gasteiger charge is -2.16. The predicted molar refractivity (Wildman–Crippen MR) is 112 cm³/mol. The Hall–Kier alpha value is -2.47. The lowest BCUT2D eigenvalue weighted by Crippen LogP contribution is -2.15. The van der Waals surface area contributed by atoms with Crippen molar-refractivity contribution in [2.24, 2.45) is 16.1 Å². The van der Waals surface area contributed by atoms with Gasteiger partial charge in [-0.25, -0.2) is 9.98 Å². The van der Waals surface area contributed by atoms with Gasteiger partial charge in [0.1, 0.15) is 0 Å². The van der Waals surface area contributed by atoms with Gasteiger partial charge in [0.15, 0.2) is 5.13 Å². The maximum atomic E-state index is 11.1. The minimum atomic E-state index is -0.126. The van der Waals surface area contributed by atoms with Crippen LogP contribution >= 0.6 is 11.3 Å². The topological polar surface area (TPSA) is 80.4 Å². The Balaban J connectivity index is 2.05. The molecule has 3 N–H and O–H groups in total. The Morgan fingerprint density at radius 2 is 2.15 bits per heavy atom. The second-order valence-electron chi connectivity index (χ2n) is 7.40. The molecule has 0 atom stereocenters. The molecule has 0 saturated carbocycles. The van der Waals surface area contributed by atoms with Crippen LogP contribution in [0.5, 0.6) is 0 Å². The van der Waals surface area contributed by atoms with Crippen molar-refractivity contribution in [2.45, 2.75) is 40.5 Å². The third-order valence-electron chi connectivity index (χ3n) is 3.69. The fourth-order valence-electron chi connectivity index (χ4n) is 2.22. The molecule has 26 heavy (non-hydrogen) atoms. The minimum absolute atomic E-state index is 0.126. The van der Waals surface area contributed by atoms with E-state index in [4.69, 9.17) is 5.73 Å². The first-order chi connectivity index (χ1) is 12.1. The first kappa shape index (κ1) is 19.8. The average Bonchev–Trinajstić information content (AvgIpc) is 2.92. The third kappa shape index (κ3) is 6.11. The second kappa shape index (κ2) is 8.27. The molecule has 0 radical (unpaired) electrons. The molecule has 2 aromatic rings. The number of benzene rings is 1. The van der Waals surface area contributed by atoms with Gasteiger partial charge in [-0.05, 0) is 41.2 Å². The number of allylic oxidation sites excluding steroid dienone is 2. The molecule has 0 bridgehead atoms. The van der Waals surface area contributed by atoms with E-state index in [2.05, 4.69) is 42.6 Å². The molecule has 1 heterocycles. The number of hydrogen-bond acceptors (Lipinski definition) is 4. The molecule has 138 valence electrons. The van der Waals surface area contributed by atoms with E-state index in [0.717, 1.165) is 34.2 Å². The molecule has 0 unspecified atom stereocenters. The summed E-state index contributed by atoms with van der Waals surface area (Å²) >= 11 is 1.44. The second-order valence-corrected chi connectivity index (χ2v) is 8.44. The minimum Gasteiger partial charge on any atom is -0.387 e. The number of nitrogens with one attached hydrogen (secondary N) is 1. The number of nitrogens with two attached hydrogens (primary N) is 1. The highest BCUT2D eigenvalue weighted by Crippen LogP contribution is 2.29. The fourth-order valence-corrected chi connectivity index (χ4v) is 3.17. The zero-order valence-corrected chi connectivity index (χ0v) is 16.6. The van der Waals surface area contributed by atoms with E-state index in [1.165, 1.54) is 18.3 Å². The van der Waals surface area contributed by atoms with E-state index in [-0.39, 0.29) is 11.3 Å². The van der Waals surface area contributed by atoms with Gasteiger partial charge in [-0.3, -0.25) is 4.79 Å². The van der Waals surface area contributed by atoms with E-state index in [0.29, 0.717) is 11.0 Å². The van der Waals surface area contributed by atoms with Crippen molar-refractivity contribution in [1.29, 1.82) is 0 Å². The monoisotopic (exact) mass is 370 g/mol. The molecule has 0 spiro atoms. The summed E-state index contributed by atoms with van der Waals surface area (Å²) in [6.07, 6.45) is 5.32. The van der Waals surface area contributed by atoms with Crippen molar-refractivity contribution in [3.8, 4) is 0 Å². The Labute approximate surface area is 158 Å². The van der Waals surface area contributed by atoms with Crippen LogP contribution in [0.4, 0.5) is 5.13 Å². The van der Waals surface area contributed by atoms with Gasteiger partial charge < -0.3 is 11.1 Å².